The summed E-state index contributed by atoms with van der Waals surface area (Å²) in [6.07, 6.45) is 4.57. The number of hydrogen-bond donors (Lipinski definition) is 1. The van der Waals surface area contributed by atoms with Gasteiger partial charge in [-0.05, 0) is 43.4 Å². The van der Waals surface area contributed by atoms with Crippen molar-refractivity contribution in [1.82, 2.24) is 5.32 Å². The molecule has 4 atom stereocenters. The highest BCUT2D eigenvalue weighted by Crippen LogP contribution is 2.39. The molecule has 0 heterocycles. The fourth-order valence-electron chi connectivity index (χ4n) is 4.13. The number of rotatable bonds is 3. The van der Waals surface area contributed by atoms with Crippen LogP contribution in [0, 0.1) is 5.92 Å². The molecule has 2 aliphatic rings. The molecule has 4 unspecified atom stereocenters. The van der Waals surface area contributed by atoms with E-state index in [2.05, 4.69) is 24.4 Å². The maximum Gasteiger partial charge on any atom is 0.158 e. The summed E-state index contributed by atoms with van der Waals surface area (Å²) in [7, 11) is -1.21. The van der Waals surface area contributed by atoms with Crippen molar-refractivity contribution in [3.05, 3.63) is 35.4 Å². The molecule has 0 aromatic heterocycles. The van der Waals surface area contributed by atoms with Crippen molar-refractivity contribution in [1.29, 1.82) is 0 Å². The van der Waals surface area contributed by atoms with Crippen molar-refractivity contribution in [2.75, 3.05) is 7.05 Å². The van der Waals surface area contributed by atoms with Crippen molar-refractivity contribution >= 4 is 9.84 Å². The van der Waals surface area contributed by atoms with Crippen molar-refractivity contribution < 1.29 is 8.42 Å². The Kier molecular flexibility index (Phi) is 4.10. The fraction of sp³-hybridized carbons (Fsp3) is 0.647. The Labute approximate surface area is 128 Å². The van der Waals surface area contributed by atoms with Gasteiger partial charge in [-0.15, -0.1) is 0 Å². The Morgan fingerprint density at radius 1 is 1.19 bits per heavy atom. The minimum atomic E-state index is -3.09. The zero-order valence-corrected chi connectivity index (χ0v) is 13.7. The molecule has 1 aromatic carbocycles. The molecule has 0 radical (unpaired) electrons. The van der Waals surface area contributed by atoms with Gasteiger partial charge in [0.15, 0.2) is 9.84 Å². The first-order chi connectivity index (χ1) is 10.0. The van der Waals surface area contributed by atoms with Crippen LogP contribution in [0.2, 0.25) is 0 Å². The van der Waals surface area contributed by atoms with Gasteiger partial charge in [0.25, 0.3) is 0 Å². The van der Waals surface area contributed by atoms with Crippen LogP contribution in [0.3, 0.4) is 0 Å². The topological polar surface area (TPSA) is 46.2 Å². The minimum absolute atomic E-state index is 0.0524. The molecule has 0 aliphatic heterocycles. The number of sulfone groups is 1. The van der Waals surface area contributed by atoms with E-state index >= 15 is 0 Å². The van der Waals surface area contributed by atoms with E-state index < -0.39 is 9.84 Å². The molecular formula is C17H25NO2S. The molecule has 1 N–H and O–H groups in total. The first-order valence-corrected chi connectivity index (χ1v) is 9.62. The summed E-state index contributed by atoms with van der Waals surface area (Å²) >= 11 is 0. The molecule has 0 bridgehead atoms. The van der Waals surface area contributed by atoms with E-state index in [-0.39, 0.29) is 16.5 Å². The highest BCUT2D eigenvalue weighted by molar-refractivity contribution is 7.92. The summed E-state index contributed by atoms with van der Waals surface area (Å²) in [5.41, 5.74) is 2.35. The third kappa shape index (κ3) is 2.64. The molecular weight excluding hydrogens is 282 g/mol. The van der Waals surface area contributed by atoms with E-state index in [9.17, 15) is 8.42 Å². The second-order valence-corrected chi connectivity index (χ2v) is 9.14. The van der Waals surface area contributed by atoms with Gasteiger partial charge in [0.1, 0.15) is 0 Å². The predicted molar refractivity (Wildman–Crippen MR) is 86.1 cm³/mol. The van der Waals surface area contributed by atoms with Crippen molar-refractivity contribution in [3.63, 3.8) is 0 Å². The molecule has 4 heteroatoms. The van der Waals surface area contributed by atoms with Crippen LogP contribution in [0.1, 0.15) is 49.8 Å². The van der Waals surface area contributed by atoms with Crippen LogP contribution in [0.5, 0.6) is 0 Å². The summed E-state index contributed by atoms with van der Waals surface area (Å²) in [6.45, 7) is 2.18. The third-order valence-corrected chi connectivity index (χ3v) is 7.91. The predicted octanol–water partition coefficient (Wildman–Crippen LogP) is 2.87. The van der Waals surface area contributed by atoms with E-state index in [1.54, 1.807) is 0 Å². The van der Waals surface area contributed by atoms with Gasteiger partial charge in [-0.25, -0.2) is 8.42 Å². The normalized spacial score (nSPS) is 32.9. The highest BCUT2D eigenvalue weighted by Gasteiger charge is 2.44. The summed E-state index contributed by atoms with van der Waals surface area (Å²) < 4.78 is 26.3. The first-order valence-electron chi connectivity index (χ1n) is 8.01. The van der Waals surface area contributed by atoms with Crippen LogP contribution in [0.25, 0.3) is 0 Å². The van der Waals surface area contributed by atoms with Crippen LogP contribution in [0.15, 0.2) is 24.3 Å². The van der Waals surface area contributed by atoms with E-state index in [1.165, 1.54) is 12.0 Å². The average molecular weight is 307 g/mol. The molecule has 2 aliphatic carbocycles. The van der Waals surface area contributed by atoms with Crippen LogP contribution in [-0.4, -0.2) is 26.0 Å². The van der Waals surface area contributed by atoms with E-state index in [1.807, 2.05) is 19.2 Å². The zero-order valence-electron chi connectivity index (χ0n) is 12.9. The smallest absolute Gasteiger partial charge is 0.158 e. The second kappa shape index (κ2) is 5.73. The molecule has 0 amide bonds. The summed E-state index contributed by atoms with van der Waals surface area (Å²) in [5, 5.41) is 2.81. The molecule has 3 rings (SSSR count). The molecule has 1 aromatic rings. The standard InChI is InChI=1S/C17H25NO2S/c1-12-6-5-8-14(10-12)21(19,20)16-11-13-7-3-4-9-15(13)17(16)18-2/h3-4,7,9,12,14,16-18H,5-6,8,10-11H2,1-2H3. The van der Waals surface area contributed by atoms with Crippen LogP contribution in [-0.2, 0) is 16.3 Å². The molecule has 0 saturated heterocycles. The molecule has 0 spiro atoms. The van der Waals surface area contributed by atoms with Gasteiger partial charge in [0.2, 0.25) is 0 Å². The molecule has 3 nitrogen and oxygen atoms in total. The minimum Gasteiger partial charge on any atom is -0.312 e. The highest BCUT2D eigenvalue weighted by atomic mass is 32.2. The second-order valence-electron chi connectivity index (χ2n) is 6.69. The quantitative estimate of drug-likeness (QED) is 0.934. The lowest BCUT2D eigenvalue weighted by molar-refractivity contribution is 0.378. The van der Waals surface area contributed by atoms with E-state index in [0.29, 0.717) is 12.3 Å². The van der Waals surface area contributed by atoms with Gasteiger partial charge < -0.3 is 5.32 Å². The number of hydrogen-bond acceptors (Lipinski definition) is 3. The average Bonchev–Trinajstić information content (AvgIpc) is 2.86. The number of benzene rings is 1. The van der Waals surface area contributed by atoms with Crippen LogP contribution >= 0.6 is 0 Å². The van der Waals surface area contributed by atoms with Crippen molar-refractivity contribution in [2.24, 2.45) is 5.92 Å². The Hall–Kier alpha value is -0.870. The lowest BCUT2D eigenvalue weighted by Gasteiger charge is -2.31. The lowest BCUT2D eigenvalue weighted by Crippen LogP contribution is -2.40. The van der Waals surface area contributed by atoms with Gasteiger partial charge in [-0.2, -0.15) is 0 Å². The van der Waals surface area contributed by atoms with Crippen LogP contribution < -0.4 is 5.32 Å². The number of fused-ring (bicyclic) bond motifs is 1. The Morgan fingerprint density at radius 2 is 1.95 bits per heavy atom. The largest absolute Gasteiger partial charge is 0.312 e. The number of nitrogens with one attached hydrogen (secondary N) is 1. The summed E-state index contributed by atoms with van der Waals surface area (Å²) in [6, 6.07) is 8.08. The van der Waals surface area contributed by atoms with Gasteiger partial charge >= 0.3 is 0 Å². The van der Waals surface area contributed by atoms with Crippen LogP contribution in [0.4, 0.5) is 0 Å². The Morgan fingerprint density at radius 3 is 2.67 bits per heavy atom. The van der Waals surface area contributed by atoms with E-state index in [4.69, 9.17) is 0 Å². The molecule has 1 saturated carbocycles. The molecule has 21 heavy (non-hydrogen) atoms. The van der Waals surface area contributed by atoms with Gasteiger partial charge in [0, 0.05) is 6.04 Å². The molecule has 1 fully saturated rings. The fourth-order valence-corrected chi connectivity index (χ4v) is 6.79. The summed E-state index contributed by atoms with van der Waals surface area (Å²) in [5.74, 6) is 0.537. The maximum atomic E-state index is 13.1. The first kappa shape index (κ1) is 15.0. The monoisotopic (exact) mass is 307 g/mol. The van der Waals surface area contributed by atoms with Gasteiger partial charge in [-0.3, -0.25) is 0 Å². The lowest BCUT2D eigenvalue weighted by atomic mass is 9.90. The van der Waals surface area contributed by atoms with Gasteiger partial charge in [0.05, 0.1) is 10.5 Å². The zero-order chi connectivity index (χ0) is 15.0. The Bertz CT molecular complexity index is 611. The van der Waals surface area contributed by atoms with E-state index in [0.717, 1.165) is 24.8 Å². The van der Waals surface area contributed by atoms with Crippen molar-refractivity contribution in [3.8, 4) is 0 Å². The third-order valence-electron chi connectivity index (χ3n) is 5.27. The maximum absolute atomic E-state index is 13.1. The summed E-state index contributed by atoms with van der Waals surface area (Å²) in [4.78, 5) is 0. The molecule has 116 valence electrons. The van der Waals surface area contributed by atoms with Crippen molar-refractivity contribution in [2.45, 2.75) is 55.6 Å². The SMILES string of the molecule is CNC1c2ccccc2CC1S(=O)(=O)C1CCCC(C)C1. The Balaban J connectivity index is 1.90. The van der Waals surface area contributed by atoms with Gasteiger partial charge in [-0.1, -0.05) is 44.0 Å².